The van der Waals surface area contributed by atoms with E-state index in [2.05, 4.69) is 21.2 Å². The standard InChI is InChI=1S/C19H20BrNO4/c1-4-24-19(23)14-5-8-17(13(3)9-14)21-18(22)11-25-15-6-7-16(20)12(2)10-15/h5-10H,4,11H2,1-3H3,(H,21,22). The van der Waals surface area contributed by atoms with Gasteiger partial charge >= 0.3 is 5.97 Å². The van der Waals surface area contributed by atoms with Crippen LogP contribution in [0.5, 0.6) is 5.75 Å². The number of nitrogens with one attached hydrogen (secondary N) is 1. The molecule has 0 aliphatic heterocycles. The molecular weight excluding hydrogens is 386 g/mol. The summed E-state index contributed by atoms with van der Waals surface area (Å²) in [6, 6.07) is 10.5. The maximum Gasteiger partial charge on any atom is 0.338 e. The van der Waals surface area contributed by atoms with Crippen molar-refractivity contribution in [2.75, 3.05) is 18.5 Å². The van der Waals surface area contributed by atoms with Gasteiger partial charge in [-0.15, -0.1) is 0 Å². The number of halogens is 1. The Hall–Kier alpha value is -2.34. The van der Waals surface area contributed by atoms with Crippen molar-refractivity contribution in [2.24, 2.45) is 0 Å². The zero-order valence-corrected chi connectivity index (χ0v) is 16.0. The molecule has 0 aromatic heterocycles. The number of carbonyl (C=O) groups is 2. The quantitative estimate of drug-likeness (QED) is 0.729. The van der Waals surface area contributed by atoms with E-state index in [1.54, 1.807) is 31.2 Å². The minimum absolute atomic E-state index is 0.0971. The molecule has 1 N–H and O–H groups in total. The minimum Gasteiger partial charge on any atom is -0.484 e. The van der Waals surface area contributed by atoms with Crippen LogP contribution in [0.1, 0.15) is 28.4 Å². The molecule has 0 saturated heterocycles. The fourth-order valence-corrected chi connectivity index (χ4v) is 2.43. The van der Waals surface area contributed by atoms with Crippen molar-refractivity contribution < 1.29 is 19.1 Å². The van der Waals surface area contributed by atoms with E-state index in [4.69, 9.17) is 9.47 Å². The first-order valence-electron chi connectivity index (χ1n) is 7.87. The van der Waals surface area contributed by atoms with Gasteiger partial charge in [0, 0.05) is 10.2 Å². The Balaban J connectivity index is 1.95. The van der Waals surface area contributed by atoms with Crippen LogP contribution in [0.3, 0.4) is 0 Å². The van der Waals surface area contributed by atoms with Gasteiger partial charge in [0.15, 0.2) is 6.61 Å². The second-order valence-electron chi connectivity index (χ2n) is 5.50. The molecule has 0 heterocycles. The first-order valence-corrected chi connectivity index (χ1v) is 8.66. The number of carbonyl (C=O) groups excluding carboxylic acids is 2. The van der Waals surface area contributed by atoms with Crippen molar-refractivity contribution in [3.8, 4) is 5.75 Å². The fourth-order valence-electron chi connectivity index (χ4n) is 2.19. The number of amides is 1. The molecular formula is C19H20BrNO4. The maximum absolute atomic E-state index is 12.1. The lowest BCUT2D eigenvalue weighted by Crippen LogP contribution is -2.20. The fraction of sp³-hybridized carbons (Fsp3) is 0.263. The zero-order valence-electron chi connectivity index (χ0n) is 14.4. The van der Waals surface area contributed by atoms with Gasteiger partial charge in [0.25, 0.3) is 5.91 Å². The highest BCUT2D eigenvalue weighted by atomic mass is 79.9. The molecule has 0 spiro atoms. The molecule has 5 nitrogen and oxygen atoms in total. The van der Waals surface area contributed by atoms with Crippen LogP contribution in [0.15, 0.2) is 40.9 Å². The van der Waals surface area contributed by atoms with Gasteiger partial charge < -0.3 is 14.8 Å². The number of anilines is 1. The third-order valence-corrected chi connectivity index (χ3v) is 4.40. The zero-order chi connectivity index (χ0) is 18.4. The van der Waals surface area contributed by atoms with Crippen LogP contribution in [0.2, 0.25) is 0 Å². The number of rotatable bonds is 6. The molecule has 0 unspecified atom stereocenters. The third-order valence-electron chi connectivity index (χ3n) is 3.51. The highest BCUT2D eigenvalue weighted by Crippen LogP contribution is 2.22. The Morgan fingerprint density at radius 3 is 2.48 bits per heavy atom. The summed E-state index contributed by atoms with van der Waals surface area (Å²) in [6.45, 7) is 5.75. The monoisotopic (exact) mass is 405 g/mol. The Morgan fingerprint density at radius 1 is 1.08 bits per heavy atom. The predicted octanol–water partition coefficient (Wildman–Crippen LogP) is 4.26. The van der Waals surface area contributed by atoms with Crippen LogP contribution < -0.4 is 10.1 Å². The van der Waals surface area contributed by atoms with Crippen molar-refractivity contribution >= 4 is 33.5 Å². The van der Waals surface area contributed by atoms with E-state index in [0.717, 1.165) is 15.6 Å². The lowest BCUT2D eigenvalue weighted by atomic mass is 10.1. The first-order chi connectivity index (χ1) is 11.9. The van der Waals surface area contributed by atoms with Gasteiger partial charge in [-0.05, 0) is 68.3 Å². The molecule has 25 heavy (non-hydrogen) atoms. The Bertz CT molecular complexity index is 789. The number of benzene rings is 2. The van der Waals surface area contributed by atoms with E-state index in [1.807, 2.05) is 26.0 Å². The second-order valence-corrected chi connectivity index (χ2v) is 6.35. The van der Waals surface area contributed by atoms with Crippen molar-refractivity contribution in [1.29, 1.82) is 0 Å². The van der Waals surface area contributed by atoms with Crippen LogP contribution in [-0.4, -0.2) is 25.1 Å². The summed E-state index contributed by atoms with van der Waals surface area (Å²) < 4.78 is 11.5. The smallest absolute Gasteiger partial charge is 0.338 e. The predicted molar refractivity (Wildman–Crippen MR) is 100 cm³/mol. The number of hydrogen-bond donors (Lipinski definition) is 1. The van der Waals surface area contributed by atoms with Crippen molar-refractivity contribution in [3.05, 3.63) is 57.6 Å². The number of esters is 1. The molecule has 2 rings (SSSR count). The van der Waals surface area contributed by atoms with Crippen LogP contribution >= 0.6 is 15.9 Å². The first kappa shape index (κ1) is 19.0. The highest BCUT2D eigenvalue weighted by Gasteiger charge is 2.11. The molecule has 6 heteroatoms. The molecule has 2 aromatic rings. The average molecular weight is 406 g/mol. The number of aryl methyl sites for hydroxylation is 2. The molecule has 0 bridgehead atoms. The van der Waals surface area contributed by atoms with Crippen LogP contribution in [0.25, 0.3) is 0 Å². The van der Waals surface area contributed by atoms with E-state index < -0.39 is 0 Å². The molecule has 0 fully saturated rings. The topological polar surface area (TPSA) is 64.6 Å². The molecule has 132 valence electrons. The molecule has 0 atom stereocenters. The van der Waals surface area contributed by atoms with E-state index in [9.17, 15) is 9.59 Å². The molecule has 2 aromatic carbocycles. The molecule has 0 aliphatic carbocycles. The Morgan fingerprint density at radius 2 is 1.84 bits per heavy atom. The van der Waals surface area contributed by atoms with Crippen LogP contribution in [0, 0.1) is 13.8 Å². The maximum atomic E-state index is 12.1. The lowest BCUT2D eigenvalue weighted by molar-refractivity contribution is -0.118. The molecule has 0 aliphatic rings. The number of ether oxygens (including phenoxy) is 2. The van der Waals surface area contributed by atoms with Crippen molar-refractivity contribution in [1.82, 2.24) is 0 Å². The molecule has 0 radical (unpaired) electrons. The average Bonchev–Trinajstić information content (AvgIpc) is 2.58. The highest BCUT2D eigenvalue weighted by molar-refractivity contribution is 9.10. The van der Waals surface area contributed by atoms with Crippen molar-refractivity contribution in [3.63, 3.8) is 0 Å². The normalized spacial score (nSPS) is 10.2. The van der Waals surface area contributed by atoms with Crippen LogP contribution in [0.4, 0.5) is 5.69 Å². The van der Waals surface area contributed by atoms with Gasteiger partial charge in [0.1, 0.15) is 5.75 Å². The SMILES string of the molecule is CCOC(=O)c1ccc(NC(=O)COc2ccc(Br)c(C)c2)c(C)c1. The van der Waals surface area contributed by atoms with Gasteiger partial charge in [-0.3, -0.25) is 4.79 Å². The summed E-state index contributed by atoms with van der Waals surface area (Å²) in [5.41, 5.74) is 2.90. The van der Waals surface area contributed by atoms with Gasteiger partial charge in [-0.25, -0.2) is 4.79 Å². The van der Waals surface area contributed by atoms with E-state index >= 15 is 0 Å². The summed E-state index contributed by atoms with van der Waals surface area (Å²) in [5, 5.41) is 2.78. The van der Waals surface area contributed by atoms with Gasteiger partial charge in [0.2, 0.25) is 0 Å². The minimum atomic E-state index is -0.377. The van der Waals surface area contributed by atoms with Crippen LogP contribution in [-0.2, 0) is 9.53 Å². The molecule has 1 amide bonds. The van der Waals surface area contributed by atoms with Gasteiger partial charge in [-0.2, -0.15) is 0 Å². The summed E-state index contributed by atoms with van der Waals surface area (Å²) in [4.78, 5) is 23.8. The largest absolute Gasteiger partial charge is 0.484 e. The van der Waals surface area contributed by atoms with E-state index in [-0.39, 0.29) is 18.5 Å². The summed E-state index contributed by atoms with van der Waals surface area (Å²) in [6.07, 6.45) is 0. The third kappa shape index (κ3) is 5.32. The Kier molecular flexibility index (Phi) is 6.58. The summed E-state index contributed by atoms with van der Waals surface area (Å²) in [5.74, 6) is -0.0183. The van der Waals surface area contributed by atoms with E-state index in [0.29, 0.717) is 23.6 Å². The summed E-state index contributed by atoms with van der Waals surface area (Å²) in [7, 11) is 0. The summed E-state index contributed by atoms with van der Waals surface area (Å²) >= 11 is 3.42. The molecule has 0 saturated carbocycles. The van der Waals surface area contributed by atoms with Gasteiger partial charge in [0.05, 0.1) is 12.2 Å². The second kappa shape index (κ2) is 8.67. The Labute approximate surface area is 155 Å². The number of hydrogen-bond acceptors (Lipinski definition) is 4. The van der Waals surface area contributed by atoms with E-state index in [1.165, 1.54) is 0 Å². The van der Waals surface area contributed by atoms with Crippen molar-refractivity contribution in [2.45, 2.75) is 20.8 Å². The van der Waals surface area contributed by atoms with Gasteiger partial charge in [-0.1, -0.05) is 15.9 Å². The lowest BCUT2D eigenvalue weighted by Gasteiger charge is -2.11.